The number of hydrogen-bond acceptors (Lipinski definition) is 2. The van der Waals surface area contributed by atoms with Crippen molar-refractivity contribution < 1.29 is 13.9 Å². The third-order valence-electron chi connectivity index (χ3n) is 2.71. The molecule has 0 aromatic heterocycles. The third kappa shape index (κ3) is 1.19. The minimum Gasteiger partial charge on any atom is -0.474 e. The highest BCUT2D eigenvalue weighted by Gasteiger charge is 2.55. The molecule has 3 nitrogen and oxygen atoms in total. The van der Waals surface area contributed by atoms with Crippen LogP contribution in [0.4, 0.5) is 10.1 Å². The van der Waals surface area contributed by atoms with Crippen LogP contribution in [-0.2, 0) is 4.79 Å². The number of hydrogen-bond donors (Lipinski definition) is 1. The van der Waals surface area contributed by atoms with Gasteiger partial charge < -0.3 is 10.1 Å². The van der Waals surface area contributed by atoms with Gasteiger partial charge in [-0.2, -0.15) is 0 Å². The van der Waals surface area contributed by atoms with Gasteiger partial charge in [-0.15, -0.1) is 0 Å². The molecule has 1 aromatic carbocycles. The fourth-order valence-electron chi connectivity index (χ4n) is 1.65. The zero-order chi connectivity index (χ0) is 10.6. The van der Waals surface area contributed by atoms with Gasteiger partial charge in [-0.05, 0) is 28.1 Å². The lowest BCUT2D eigenvalue weighted by Crippen LogP contribution is -2.39. The summed E-state index contributed by atoms with van der Waals surface area (Å²) in [6.07, 6.45) is 1.39. The smallest absolute Gasteiger partial charge is 0.268 e. The normalized spacial score (nSPS) is 20.5. The van der Waals surface area contributed by atoms with Crippen LogP contribution in [0.3, 0.4) is 0 Å². The van der Waals surface area contributed by atoms with Crippen molar-refractivity contribution >= 4 is 27.5 Å². The fourth-order valence-corrected chi connectivity index (χ4v) is 2.08. The van der Waals surface area contributed by atoms with Crippen LogP contribution in [0.15, 0.2) is 16.6 Å². The fraction of sp³-hybridized carbons (Fsp3) is 0.300. The van der Waals surface area contributed by atoms with Crippen molar-refractivity contribution in [3.63, 3.8) is 0 Å². The molecule has 1 N–H and O–H groups in total. The highest BCUT2D eigenvalue weighted by molar-refractivity contribution is 9.10. The number of halogens is 2. The highest BCUT2D eigenvalue weighted by Crippen LogP contribution is 2.49. The Balaban J connectivity index is 2.13. The molecule has 1 saturated carbocycles. The zero-order valence-corrected chi connectivity index (χ0v) is 9.23. The molecule has 5 heteroatoms. The SMILES string of the molecule is O=C1Nc2ccc(F)c(Br)c2OC12CC2. The quantitative estimate of drug-likeness (QED) is 0.787. The summed E-state index contributed by atoms with van der Waals surface area (Å²) in [5.74, 6) is -0.124. The second-order valence-corrected chi connectivity index (χ2v) is 4.58. The lowest BCUT2D eigenvalue weighted by atomic mass is 10.2. The van der Waals surface area contributed by atoms with Gasteiger partial charge in [0.2, 0.25) is 0 Å². The molecular formula is C10H7BrFNO2. The summed E-state index contributed by atoms with van der Waals surface area (Å²) < 4.78 is 19.1. The van der Waals surface area contributed by atoms with Crippen LogP contribution in [0.2, 0.25) is 0 Å². The van der Waals surface area contributed by atoms with Crippen molar-refractivity contribution in [2.75, 3.05) is 5.32 Å². The Labute approximate surface area is 93.7 Å². The Bertz CT molecular complexity index is 471. The summed E-state index contributed by atoms with van der Waals surface area (Å²) in [7, 11) is 0. The predicted octanol–water partition coefficient (Wildman–Crippen LogP) is 2.45. The van der Waals surface area contributed by atoms with Crippen LogP contribution in [0.1, 0.15) is 12.8 Å². The summed E-state index contributed by atoms with van der Waals surface area (Å²) in [6, 6.07) is 2.79. The first kappa shape index (κ1) is 9.15. The van der Waals surface area contributed by atoms with Gasteiger partial charge in [-0.25, -0.2) is 4.39 Å². The van der Waals surface area contributed by atoms with E-state index in [1.54, 1.807) is 0 Å². The van der Waals surface area contributed by atoms with Gasteiger partial charge in [0.1, 0.15) is 5.82 Å². The number of fused-ring (bicyclic) bond motifs is 1. The van der Waals surface area contributed by atoms with Crippen LogP contribution >= 0.6 is 15.9 Å². The molecule has 1 aliphatic carbocycles. The maximum Gasteiger partial charge on any atom is 0.268 e. The number of amides is 1. The number of carbonyl (C=O) groups excluding carboxylic acids is 1. The number of nitrogens with one attached hydrogen (secondary N) is 1. The summed E-state index contributed by atoms with van der Waals surface area (Å²) in [4.78, 5) is 11.6. The number of anilines is 1. The second kappa shape index (κ2) is 2.72. The lowest BCUT2D eigenvalue weighted by Gasteiger charge is -2.26. The maximum atomic E-state index is 13.2. The summed E-state index contributed by atoms with van der Waals surface area (Å²) in [5.41, 5.74) is -0.214. The molecule has 1 spiro atoms. The van der Waals surface area contributed by atoms with E-state index < -0.39 is 5.60 Å². The van der Waals surface area contributed by atoms with Gasteiger partial charge in [0.15, 0.2) is 11.4 Å². The Morgan fingerprint density at radius 3 is 2.87 bits per heavy atom. The molecule has 0 bridgehead atoms. The van der Waals surface area contributed by atoms with Crippen LogP contribution in [0.25, 0.3) is 0 Å². The van der Waals surface area contributed by atoms with E-state index in [1.165, 1.54) is 12.1 Å². The predicted molar refractivity (Wildman–Crippen MR) is 55.3 cm³/mol. The largest absolute Gasteiger partial charge is 0.474 e. The summed E-state index contributed by atoms with van der Waals surface area (Å²) in [6.45, 7) is 0. The molecule has 2 aliphatic rings. The van der Waals surface area contributed by atoms with Crippen molar-refractivity contribution in [2.24, 2.45) is 0 Å². The topological polar surface area (TPSA) is 38.3 Å². The Morgan fingerprint density at radius 1 is 1.47 bits per heavy atom. The molecule has 0 unspecified atom stereocenters. The monoisotopic (exact) mass is 271 g/mol. The van der Waals surface area contributed by atoms with Crippen molar-refractivity contribution in [1.82, 2.24) is 0 Å². The van der Waals surface area contributed by atoms with Crippen molar-refractivity contribution in [3.05, 3.63) is 22.4 Å². The maximum absolute atomic E-state index is 13.2. The molecule has 1 heterocycles. The van der Waals surface area contributed by atoms with Crippen molar-refractivity contribution in [3.8, 4) is 5.75 Å². The van der Waals surface area contributed by atoms with Gasteiger partial charge in [0.05, 0.1) is 10.2 Å². The van der Waals surface area contributed by atoms with Gasteiger partial charge >= 0.3 is 0 Å². The average Bonchev–Trinajstić information content (AvgIpc) is 2.97. The summed E-state index contributed by atoms with van der Waals surface area (Å²) in [5, 5.41) is 2.72. The van der Waals surface area contributed by atoms with E-state index in [0.29, 0.717) is 24.3 Å². The molecule has 1 aromatic rings. The molecule has 15 heavy (non-hydrogen) atoms. The first-order chi connectivity index (χ1) is 7.12. The number of rotatable bonds is 0. The van der Waals surface area contributed by atoms with Crippen LogP contribution in [0, 0.1) is 5.82 Å². The minimum absolute atomic E-state index is 0.131. The molecular weight excluding hydrogens is 265 g/mol. The van der Waals surface area contributed by atoms with Gasteiger partial charge in [0, 0.05) is 12.8 Å². The van der Waals surface area contributed by atoms with Crippen LogP contribution < -0.4 is 10.1 Å². The van der Waals surface area contributed by atoms with Gasteiger partial charge in [0.25, 0.3) is 5.91 Å². The molecule has 0 saturated heterocycles. The second-order valence-electron chi connectivity index (χ2n) is 3.79. The first-order valence-corrected chi connectivity index (χ1v) is 5.40. The van der Waals surface area contributed by atoms with E-state index in [0.717, 1.165) is 0 Å². The van der Waals surface area contributed by atoms with E-state index in [-0.39, 0.29) is 16.2 Å². The van der Waals surface area contributed by atoms with E-state index in [1.807, 2.05) is 0 Å². The van der Waals surface area contributed by atoms with Gasteiger partial charge in [-0.3, -0.25) is 4.79 Å². The minimum atomic E-state index is -0.733. The zero-order valence-electron chi connectivity index (χ0n) is 7.64. The Hall–Kier alpha value is -1.10. The third-order valence-corrected chi connectivity index (χ3v) is 3.45. The Morgan fingerprint density at radius 2 is 2.20 bits per heavy atom. The number of carbonyl (C=O) groups is 1. The molecule has 78 valence electrons. The molecule has 1 amide bonds. The molecule has 3 rings (SSSR count). The van der Waals surface area contributed by atoms with E-state index in [4.69, 9.17) is 4.74 Å². The lowest BCUT2D eigenvalue weighted by molar-refractivity contribution is -0.125. The Kier molecular flexibility index (Phi) is 1.66. The van der Waals surface area contributed by atoms with Crippen molar-refractivity contribution in [2.45, 2.75) is 18.4 Å². The number of ether oxygens (including phenoxy) is 1. The van der Waals surface area contributed by atoms with Crippen LogP contribution in [0.5, 0.6) is 5.75 Å². The van der Waals surface area contributed by atoms with E-state index >= 15 is 0 Å². The molecule has 0 radical (unpaired) electrons. The van der Waals surface area contributed by atoms with Gasteiger partial charge in [-0.1, -0.05) is 0 Å². The molecule has 1 aliphatic heterocycles. The molecule has 1 fully saturated rings. The molecule has 0 atom stereocenters. The van der Waals surface area contributed by atoms with Crippen LogP contribution in [-0.4, -0.2) is 11.5 Å². The standard InChI is InChI=1S/C10H7BrFNO2/c11-7-5(12)1-2-6-8(7)15-10(3-4-10)9(14)13-6/h1-2H,3-4H2,(H,13,14). The summed E-state index contributed by atoms with van der Waals surface area (Å²) >= 11 is 3.11. The average molecular weight is 272 g/mol. The van der Waals surface area contributed by atoms with Crippen molar-refractivity contribution in [1.29, 1.82) is 0 Å². The van der Waals surface area contributed by atoms with E-state index in [9.17, 15) is 9.18 Å². The number of benzene rings is 1. The highest BCUT2D eigenvalue weighted by atomic mass is 79.9. The first-order valence-electron chi connectivity index (χ1n) is 4.61. The van der Waals surface area contributed by atoms with E-state index in [2.05, 4.69) is 21.2 Å².